The maximum atomic E-state index is 12.3. The molecule has 2 unspecified atom stereocenters. The number of thiophene rings is 1. The number of nitrogens with zero attached hydrogens (tertiary/aromatic N) is 1. The van der Waals surface area contributed by atoms with Crippen molar-refractivity contribution in [1.29, 1.82) is 0 Å². The topological polar surface area (TPSA) is 32.3 Å². The molecule has 2 aliphatic rings. The molecule has 2 saturated heterocycles. The average molecular weight is 250 g/mol. The van der Waals surface area contributed by atoms with E-state index in [1.54, 1.807) is 11.3 Å². The molecule has 92 valence electrons. The molecule has 2 atom stereocenters. The molecule has 3 nitrogen and oxygen atoms in total. The second-order valence-electron chi connectivity index (χ2n) is 5.01. The van der Waals surface area contributed by atoms with Crippen LogP contribution in [0.15, 0.2) is 12.1 Å². The standard InChI is InChI=1S/C13H18N2OS/c1-2-11-3-4-12(17-11)13(16)15-7-9-5-14-6-10(9)8-15/h3-4,9-10,14H,2,5-8H2,1H3. The van der Waals surface area contributed by atoms with E-state index in [1.165, 1.54) is 4.88 Å². The van der Waals surface area contributed by atoms with Gasteiger partial charge in [-0.2, -0.15) is 0 Å². The van der Waals surface area contributed by atoms with Gasteiger partial charge in [-0.1, -0.05) is 6.92 Å². The minimum atomic E-state index is 0.240. The van der Waals surface area contributed by atoms with Gasteiger partial charge in [-0.25, -0.2) is 0 Å². The first-order chi connectivity index (χ1) is 8.28. The van der Waals surface area contributed by atoms with Gasteiger partial charge in [-0.05, 0) is 30.4 Å². The Morgan fingerprint density at radius 3 is 2.71 bits per heavy atom. The number of nitrogens with one attached hydrogen (secondary N) is 1. The Balaban J connectivity index is 1.70. The van der Waals surface area contributed by atoms with Crippen molar-refractivity contribution in [3.8, 4) is 0 Å². The van der Waals surface area contributed by atoms with Gasteiger partial charge in [0.1, 0.15) is 0 Å². The van der Waals surface area contributed by atoms with Gasteiger partial charge in [0.05, 0.1) is 4.88 Å². The highest BCUT2D eigenvalue weighted by Gasteiger charge is 2.38. The lowest BCUT2D eigenvalue weighted by molar-refractivity contribution is 0.0786. The zero-order valence-corrected chi connectivity index (χ0v) is 10.9. The van der Waals surface area contributed by atoms with Crippen molar-refractivity contribution in [2.45, 2.75) is 13.3 Å². The van der Waals surface area contributed by atoms with Crippen molar-refractivity contribution < 1.29 is 4.79 Å². The minimum Gasteiger partial charge on any atom is -0.337 e. The molecule has 0 bridgehead atoms. The molecule has 3 rings (SSSR count). The summed E-state index contributed by atoms with van der Waals surface area (Å²) in [5, 5.41) is 3.40. The first-order valence-corrected chi connectivity index (χ1v) is 7.18. The van der Waals surface area contributed by atoms with E-state index in [0.717, 1.165) is 37.5 Å². The van der Waals surface area contributed by atoms with Gasteiger partial charge < -0.3 is 10.2 Å². The van der Waals surface area contributed by atoms with Gasteiger partial charge in [-0.3, -0.25) is 4.79 Å². The predicted octanol–water partition coefficient (Wildman–Crippen LogP) is 1.60. The molecule has 0 radical (unpaired) electrons. The average Bonchev–Trinajstić information content (AvgIpc) is 3.02. The van der Waals surface area contributed by atoms with E-state index >= 15 is 0 Å². The first kappa shape index (κ1) is 11.2. The van der Waals surface area contributed by atoms with Crippen LogP contribution in [-0.2, 0) is 6.42 Å². The van der Waals surface area contributed by atoms with E-state index < -0.39 is 0 Å². The third-order valence-electron chi connectivity index (χ3n) is 3.90. The molecule has 4 heteroatoms. The molecule has 2 fully saturated rings. The molecule has 0 aromatic carbocycles. The monoisotopic (exact) mass is 250 g/mol. The van der Waals surface area contributed by atoms with E-state index in [2.05, 4.69) is 18.3 Å². The summed E-state index contributed by atoms with van der Waals surface area (Å²) in [6, 6.07) is 4.06. The fourth-order valence-corrected chi connectivity index (χ4v) is 3.78. The van der Waals surface area contributed by atoms with Gasteiger partial charge >= 0.3 is 0 Å². The van der Waals surface area contributed by atoms with Gasteiger partial charge in [-0.15, -0.1) is 11.3 Å². The van der Waals surface area contributed by atoms with Crippen molar-refractivity contribution in [3.63, 3.8) is 0 Å². The second-order valence-corrected chi connectivity index (χ2v) is 6.18. The lowest BCUT2D eigenvalue weighted by Crippen LogP contribution is -2.31. The fraction of sp³-hybridized carbons (Fsp3) is 0.615. The quantitative estimate of drug-likeness (QED) is 0.865. The highest BCUT2D eigenvalue weighted by Crippen LogP contribution is 2.28. The second kappa shape index (κ2) is 4.42. The third kappa shape index (κ3) is 2.00. The molecule has 3 heterocycles. The zero-order valence-electron chi connectivity index (χ0n) is 10.1. The molecule has 0 saturated carbocycles. The minimum absolute atomic E-state index is 0.240. The number of rotatable bonds is 2. The predicted molar refractivity (Wildman–Crippen MR) is 69.5 cm³/mol. The highest BCUT2D eigenvalue weighted by atomic mass is 32.1. The first-order valence-electron chi connectivity index (χ1n) is 6.36. The maximum absolute atomic E-state index is 12.3. The van der Waals surface area contributed by atoms with Crippen LogP contribution in [0.25, 0.3) is 0 Å². The van der Waals surface area contributed by atoms with Crippen molar-refractivity contribution in [2.75, 3.05) is 26.2 Å². The molecule has 0 spiro atoms. The summed E-state index contributed by atoms with van der Waals surface area (Å²) in [4.78, 5) is 16.6. The Kier molecular flexibility index (Phi) is 2.92. The molecule has 1 amide bonds. The Morgan fingerprint density at radius 1 is 1.41 bits per heavy atom. The maximum Gasteiger partial charge on any atom is 0.263 e. The molecule has 2 aliphatic heterocycles. The van der Waals surface area contributed by atoms with E-state index in [1.807, 2.05) is 11.0 Å². The summed E-state index contributed by atoms with van der Waals surface area (Å²) in [5.41, 5.74) is 0. The van der Waals surface area contributed by atoms with Gasteiger partial charge in [0, 0.05) is 31.1 Å². The van der Waals surface area contributed by atoms with Gasteiger partial charge in [0.25, 0.3) is 5.91 Å². The van der Waals surface area contributed by atoms with Crippen molar-refractivity contribution in [3.05, 3.63) is 21.9 Å². The van der Waals surface area contributed by atoms with Crippen LogP contribution < -0.4 is 5.32 Å². The lowest BCUT2D eigenvalue weighted by Gasteiger charge is -2.16. The summed E-state index contributed by atoms with van der Waals surface area (Å²) >= 11 is 1.65. The van der Waals surface area contributed by atoms with Crippen LogP contribution >= 0.6 is 11.3 Å². The van der Waals surface area contributed by atoms with Crippen LogP contribution in [0.2, 0.25) is 0 Å². The Labute approximate surface area is 106 Å². The largest absolute Gasteiger partial charge is 0.337 e. The van der Waals surface area contributed by atoms with Crippen molar-refractivity contribution in [1.82, 2.24) is 10.2 Å². The molecule has 1 aromatic rings. The molecule has 1 aromatic heterocycles. The molecule has 17 heavy (non-hydrogen) atoms. The van der Waals surface area contributed by atoms with E-state index in [4.69, 9.17) is 0 Å². The van der Waals surface area contributed by atoms with Gasteiger partial charge in [0.2, 0.25) is 0 Å². The molecule has 0 aliphatic carbocycles. The summed E-state index contributed by atoms with van der Waals surface area (Å²) in [7, 11) is 0. The zero-order chi connectivity index (χ0) is 11.8. The fourth-order valence-electron chi connectivity index (χ4n) is 2.86. The number of hydrogen-bond donors (Lipinski definition) is 1. The Morgan fingerprint density at radius 2 is 2.12 bits per heavy atom. The number of carbonyl (C=O) groups excluding carboxylic acids is 1. The summed E-state index contributed by atoms with van der Waals surface area (Å²) < 4.78 is 0. The Bertz CT molecular complexity index is 417. The number of likely N-dealkylation sites (tertiary alicyclic amines) is 1. The lowest BCUT2D eigenvalue weighted by atomic mass is 10.0. The molecular weight excluding hydrogens is 232 g/mol. The summed E-state index contributed by atoms with van der Waals surface area (Å²) in [6.45, 7) is 6.18. The van der Waals surface area contributed by atoms with Crippen LogP contribution in [0.4, 0.5) is 0 Å². The van der Waals surface area contributed by atoms with Crippen LogP contribution in [0.3, 0.4) is 0 Å². The summed E-state index contributed by atoms with van der Waals surface area (Å²) in [5.74, 6) is 1.61. The number of carbonyl (C=O) groups is 1. The smallest absolute Gasteiger partial charge is 0.263 e. The van der Waals surface area contributed by atoms with Crippen LogP contribution in [0.5, 0.6) is 0 Å². The molecular formula is C13H18N2OS. The number of fused-ring (bicyclic) bond motifs is 1. The number of hydrogen-bond acceptors (Lipinski definition) is 3. The summed E-state index contributed by atoms with van der Waals surface area (Å²) in [6.07, 6.45) is 1.02. The van der Waals surface area contributed by atoms with E-state index in [-0.39, 0.29) is 5.91 Å². The van der Waals surface area contributed by atoms with Crippen LogP contribution in [0.1, 0.15) is 21.5 Å². The Hall–Kier alpha value is -0.870. The molecule has 1 N–H and O–H groups in total. The van der Waals surface area contributed by atoms with Crippen LogP contribution in [0, 0.1) is 11.8 Å². The van der Waals surface area contributed by atoms with Gasteiger partial charge in [0.15, 0.2) is 0 Å². The number of amides is 1. The van der Waals surface area contributed by atoms with Crippen LogP contribution in [-0.4, -0.2) is 37.0 Å². The highest BCUT2D eigenvalue weighted by molar-refractivity contribution is 7.14. The number of aryl methyl sites for hydroxylation is 1. The van der Waals surface area contributed by atoms with E-state index in [0.29, 0.717) is 11.8 Å². The van der Waals surface area contributed by atoms with E-state index in [9.17, 15) is 4.79 Å². The third-order valence-corrected chi connectivity index (χ3v) is 5.12. The van der Waals surface area contributed by atoms with Crippen molar-refractivity contribution in [2.24, 2.45) is 11.8 Å². The SMILES string of the molecule is CCc1ccc(C(=O)N2CC3CNCC3C2)s1. The normalized spacial score (nSPS) is 27.5. The van der Waals surface area contributed by atoms with Crippen molar-refractivity contribution >= 4 is 17.2 Å².